The van der Waals surface area contributed by atoms with Crippen LogP contribution in [0.5, 0.6) is 0 Å². The summed E-state index contributed by atoms with van der Waals surface area (Å²) in [5.41, 5.74) is 1.85. The smallest absolute Gasteiger partial charge is 0.328 e. The molecule has 2 saturated heterocycles. The number of piperazine rings is 1. The van der Waals surface area contributed by atoms with E-state index >= 15 is 0 Å². The van der Waals surface area contributed by atoms with Gasteiger partial charge < -0.3 is 9.80 Å². The summed E-state index contributed by atoms with van der Waals surface area (Å²) in [6, 6.07) is 7.34. The highest BCUT2D eigenvalue weighted by Crippen LogP contribution is 2.23. The summed E-state index contributed by atoms with van der Waals surface area (Å²) in [6.45, 7) is 3.46. The summed E-state index contributed by atoms with van der Waals surface area (Å²) in [5.74, 6) is -0.231. The third-order valence-corrected chi connectivity index (χ3v) is 4.04. The molecule has 2 aliphatic rings. The number of hydrogen-bond donors (Lipinski definition) is 1. The highest BCUT2D eigenvalue weighted by molar-refractivity contribution is 6.05. The molecule has 0 unspecified atom stereocenters. The molecule has 1 aromatic rings. The van der Waals surface area contributed by atoms with Gasteiger partial charge in [-0.3, -0.25) is 19.8 Å². The van der Waals surface area contributed by atoms with Crippen LogP contribution in [0.4, 0.5) is 16.2 Å². The lowest BCUT2D eigenvalue weighted by Crippen LogP contribution is -2.49. The molecule has 4 amide bonds. The molecule has 0 spiro atoms. The van der Waals surface area contributed by atoms with Gasteiger partial charge in [0.1, 0.15) is 0 Å². The fourth-order valence-corrected chi connectivity index (χ4v) is 2.74. The Morgan fingerprint density at radius 3 is 2.14 bits per heavy atom. The van der Waals surface area contributed by atoms with Crippen molar-refractivity contribution >= 4 is 29.7 Å². The first-order valence-corrected chi connectivity index (χ1v) is 7.33. The Balaban J connectivity index is 1.67. The van der Waals surface area contributed by atoms with Gasteiger partial charge in [0.05, 0.1) is 0 Å². The molecule has 0 radical (unpaired) electrons. The molecule has 2 fully saturated rings. The Labute approximate surface area is 128 Å². The minimum absolute atomic E-state index is 0.231. The van der Waals surface area contributed by atoms with Crippen LogP contribution >= 0.6 is 0 Å². The number of rotatable bonds is 3. The van der Waals surface area contributed by atoms with E-state index in [0.29, 0.717) is 13.0 Å². The van der Waals surface area contributed by atoms with Gasteiger partial charge in [0, 0.05) is 50.5 Å². The molecule has 0 bridgehead atoms. The van der Waals surface area contributed by atoms with Gasteiger partial charge in [-0.1, -0.05) is 0 Å². The largest absolute Gasteiger partial charge is 0.368 e. The van der Waals surface area contributed by atoms with Gasteiger partial charge in [-0.05, 0) is 24.3 Å². The Morgan fingerprint density at radius 1 is 0.909 bits per heavy atom. The van der Waals surface area contributed by atoms with Crippen LogP contribution in [0, 0.1) is 0 Å². The zero-order valence-corrected chi connectivity index (χ0v) is 12.2. The predicted octanol–water partition coefficient (Wildman–Crippen LogP) is 0.411. The molecule has 22 heavy (non-hydrogen) atoms. The first-order valence-electron chi connectivity index (χ1n) is 7.33. The predicted molar refractivity (Wildman–Crippen MR) is 81.8 cm³/mol. The molecule has 2 aliphatic heterocycles. The average Bonchev–Trinajstić information content (AvgIpc) is 2.55. The number of amides is 4. The highest BCUT2D eigenvalue weighted by atomic mass is 16.2. The van der Waals surface area contributed by atoms with E-state index in [1.165, 1.54) is 0 Å². The first-order chi connectivity index (χ1) is 10.7. The maximum Gasteiger partial charge on any atom is 0.328 e. The second-order valence-electron chi connectivity index (χ2n) is 5.40. The third-order valence-electron chi connectivity index (χ3n) is 4.04. The summed E-state index contributed by atoms with van der Waals surface area (Å²) in [7, 11) is 0. The van der Waals surface area contributed by atoms with E-state index in [0.717, 1.165) is 44.0 Å². The van der Waals surface area contributed by atoms with Crippen molar-refractivity contribution in [3.63, 3.8) is 0 Å². The average molecular weight is 302 g/mol. The fourth-order valence-electron chi connectivity index (χ4n) is 2.74. The van der Waals surface area contributed by atoms with Gasteiger partial charge in [0.2, 0.25) is 12.3 Å². The van der Waals surface area contributed by atoms with Crippen LogP contribution in [0.25, 0.3) is 0 Å². The molecule has 1 N–H and O–H groups in total. The van der Waals surface area contributed by atoms with E-state index in [1.54, 1.807) is 9.80 Å². The monoisotopic (exact) mass is 302 g/mol. The molecule has 0 atom stereocenters. The zero-order chi connectivity index (χ0) is 15.5. The van der Waals surface area contributed by atoms with E-state index < -0.39 is 0 Å². The Morgan fingerprint density at radius 2 is 1.55 bits per heavy atom. The lowest BCUT2D eigenvalue weighted by atomic mass is 10.2. The van der Waals surface area contributed by atoms with Gasteiger partial charge >= 0.3 is 6.03 Å². The quantitative estimate of drug-likeness (QED) is 0.821. The minimum Gasteiger partial charge on any atom is -0.368 e. The summed E-state index contributed by atoms with van der Waals surface area (Å²) in [6.07, 6.45) is 1.21. The van der Waals surface area contributed by atoms with Crippen molar-refractivity contribution in [2.75, 3.05) is 42.5 Å². The first kappa shape index (κ1) is 14.4. The van der Waals surface area contributed by atoms with E-state index in [2.05, 4.69) is 10.2 Å². The SMILES string of the molecule is O=CN1CCN(c2ccc(N3CCC(=O)NC3=O)cc2)CC1. The fraction of sp³-hybridized carbons (Fsp3) is 0.400. The number of imide groups is 1. The minimum atomic E-state index is -0.372. The van der Waals surface area contributed by atoms with Crippen LogP contribution in [-0.4, -0.2) is 56.0 Å². The maximum atomic E-state index is 11.8. The normalized spacial score (nSPS) is 19.2. The lowest BCUT2D eigenvalue weighted by Gasteiger charge is -2.34. The summed E-state index contributed by atoms with van der Waals surface area (Å²) in [4.78, 5) is 39.2. The number of nitrogens with one attached hydrogen (secondary N) is 1. The number of carbonyl (C=O) groups excluding carboxylic acids is 3. The van der Waals surface area contributed by atoms with Gasteiger partial charge in [0.25, 0.3) is 0 Å². The molecule has 7 heteroatoms. The molecule has 116 valence electrons. The zero-order valence-electron chi connectivity index (χ0n) is 12.2. The third kappa shape index (κ3) is 2.88. The maximum absolute atomic E-state index is 11.8. The van der Waals surface area contributed by atoms with Crippen LogP contribution < -0.4 is 15.1 Å². The second kappa shape index (κ2) is 6.05. The van der Waals surface area contributed by atoms with E-state index in [4.69, 9.17) is 0 Å². The van der Waals surface area contributed by atoms with Crippen molar-refractivity contribution in [3.05, 3.63) is 24.3 Å². The van der Waals surface area contributed by atoms with Crippen LogP contribution in [0.3, 0.4) is 0 Å². The molecular weight excluding hydrogens is 284 g/mol. The number of hydrogen-bond acceptors (Lipinski definition) is 4. The summed E-state index contributed by atoms with van der Waals surface area (Å²) < 4.78 is 0. The van der Waals surface area contributed by atoms with Gasteiger partial charge in [-0.25, -0.2) is 4.79 Å². The number of carbonyl (C=O) groups is 3. The molecule has 1 aromatic carbocycles. The Hall–Kier alpha value is -2.57. The van der Waals surface area contributed by atoms with Gasteiger partial charge in [-0.15, -0.1) is 0 Å². The second-order valence-corrected chi connectivity index (χ2v) is 5.40. The summed E-state index contributed by atoms with van der Waals surface area (Å²) in [5, 5.41) is 2.32. The molecule has 0 aromatic heterocycles. The molecule has 3 rings (SSSR count). The van der Waals surface area contributed by atoms with Crippen molar-refractivity contribution in [3.8, 4) is 0 Å². The van der Waals surface area contributed by atoms with E-state index in [9.17, 15) is 14.4 Å². The number of nitrogens with zero attached hydrogens (tertiary/aromatic N) is 3. The molecular formula is C15H18N4O3. The molecule has 2 heterocycles. The van der Waals surface area contributed by atoms with Gasteiger partial charge in [0.15, 0.2) is 0 Å². The Bertz CT molecular complexity index is 579. The van der Waals surface area contributed by atoms with Gasteiger partial charge in [-0.2, -0.15) is 0 Å². The molecule has 7 nitrogen and oxygen atoms in total. The van der Waals surface area contributed by atoms with Crippen molar-refractivity contribution in [2.24, 2.45) is 0 Å². The highest BCUT2D eigenvalue weighted by Gasteiger charge is 2.24. The number of urea groups is 1. The molecule has 0 saturated carbocycles. The molecule has 0 aliphatic carbocycles. The summed E-state index contributed by atoms with van der Waals surface area (Å²) >= 11 is 0. The Kier molecular flexibility index (Phi) is 3.95. The standard InChI is InChI=1S/C15H18N4O3/c20-11-17-7-9-18(10-8-17)12-1-3-13(4-2-12)19-6-5-14(21)16-15(19)22/h1-4,11H,5-10H2,(H,16,21,22). The number of anilines is 2. The van der Waals surface area contributed by atoms with Crippen LogP contribution in [0.2, 0.25) is 0 Å². The van der Waals surface area contributed by atoms with Crippen molar-refractivity contribution in [1.29, 1.82) is 0 Å². The van der Waals surface area contributed by atoms with Crippen molar-refractivity contribution in [1.82, 2.24) is 10.2 Å². The van der Waals surface area contributed by atoms with Crippen LogP contribution in [0.15, 0.2) is 24.3 Å². The number of benzene rings is 1. The van der Waals surface area contributed by atoms with Crippen molar-refractivity contribution < 1.29 is 14.4 Å². The topological polar surface area (TPSA) is 73.0 Å². The van der Waals surface area contributed by atoms with Crippen LogP contribution in [0.1, 0.15) is 6.42 Å². The van der Waals surface area contributed by atoms with E-state index in [-0.39, 0.29) is 11.9 Å². The van der Waals surface area contributed by atoms with Crippen LogP contribution in [-0.2, 0) is 9.59 Å². The van der Waals surface area contributed by atoms with E-state index in [1.807, 2.05) is 24.3 Å². The van der Waals surface area contributed by atoms with Crippen molar-refractivity contribution in [2.45, 2.75) is 6.42 Å². The lowest BCUT2D eigenvalue weighted by molar-refractivity contribution is -0.120.